The van der Waals surface area contributed by atoms with E-state index in [4.69, 9.17) is 9.57 Å². The molecule has 0 amide bonds. The van der Waals surface area contributed by atoms with Crippen LogP contribution in [-0.2, 0) is 11.4 Å². The Morgan fingerprint density at radius 3 is 3.04 bits per heavy atom. The molecule has 0 spiro atoms. The van der Waals surface area contributed by atoms with E-state index >= 15 is 0 Å². The smallest absolute Gasteiger partial charge is 0.293 e. The maximum absolute atomic E-state index is 13.8. The van der Waals surface area contributed by atoms with Gasteiger partial charge in [-0.3, -0.25) is 4.79 Å². The molecule has 2 heterocycles. The molecule has 1 aromatic heterocycles. The van der Waals surface area contributed by atoms with Crippen LogP contribution in [0.3, 0.4) is 0 Å². The van der Waals surface area contributed by atoms with Gasteiger partial charge in [-0.1, -0.05) is 5.16 Å². The number of nitrogens with zero attached hydrogens (tertiary/aromatic N) is 3. The second-order valence-corrected chi connectivity index (χ2v) is 5.57. The minimum atomic E-state index is -0.446. The molecule has 0 saturated heterocycles. The number of benzene rings is 1. The Morgan fingerprint density at radius 1 is 1.48 bits per heavy atom. The maximum atomic E-state index is 13.8. The summed E-state index contributed by atoms with van der Waals surface area (Å²) < 4.78 is 20.3. The van der Waals surface area contributed by atoms with Crippen molar-refractivity contribution < 1.29 is 14.0 Å². The molecule has 1 aliphatic rings. The van der Waals surface area contributed by atoms with Gasteiger partial charge in [0.2, 0.25) is 0 Å². The van der Waals surface area contributed by atoms with E-state index in [-0.39, 0.29) is 23.2 Å². The fraction of sp³-hybridized carbons (Fsp3) is 0.353. The number of ether oxygens (including phenoxy) is 1. The van der Waals surface area contributed by atoms with Gasteiger partial charge in [-0.2, -0.15) is 0 Å². The van der Waals surface area contributed by atoms with Crippen molar-refractivity contribution in [2.75, 3.05) is 19.0 Å². The van der Waals surface area contributed by atoms with Gasteiger partial charge in [0.15, 0.2) is 17.4 Å². The molecular formula is C17H19FN4O3. The molecule has 0 saturated carbocycles. The Hall–Kier alpha value is -2.90. The van der Waals surface area contributed by atoms with E-state index in [0.29, 0.717) is 30.8 Å². The van der Waals surface area contributed by atoms with Gasteiger partial charge in [0.05, 0.1) is 19.4 Å². The third kappa shape index (κ3) is 3.62. The van der Waals surface area contributed by atoms with Crippen LogP contribution in [0.1, 0.15) is 18.9 Å². The van der Waals surface area contributed by atoms with E-state index in [0.717, 1.165) is 0 Å². The van der Waals surface area contributed by atoms with Gasteiger partial charge >= 0.3 is 0 Å². The quantitative estimate of drug-likeness (QED) is 0.866. The summed E-state index contributed by atoms with van der Waals surface area (Å²) in [6, 6.07) is 4.66. The first-order chi connectivity index (χ1) is 12.1. The fourth-order valence-electron chi connectivity index (χ4n) is 2.58. The summed E-state index contributed by atoms with van der Waals surface area (Å²) in [6.45, 7) is 2.84. The van der Waals surface area contributed by atoms with Crippen molar-refractivity contribution in [1.29, 1.82) is 0 Å². The average Bonchev–Trinajstić information content (AvgIpc) is 3.10. The van der Waals surface area contributed by atoms with Gasteiger partial charge in [-0.15, -0.1) is 0 Å². The summed E-state index contributed by atoms with van der Waals surface area (Å²) in [5, 5.41) is 7.01. The first-order valence-corrected chi connectivity index (χ1v) is 7.98. The Bertz CT molecular complexity index is 850. The number of rotatable bonds is 6. The van der Waals surface area contributed by atoms with Crippen molar-refractivity contribution in [1.82, 2.24) is 9.55 Å². The topological polar surface area (TPSA) is 77.7 Å². The van der Waals surface area contributed by atoms with Crippen LogP contribution < -0.4 is 15.6 Å². The van der Waals surface area contributed by atoms with E-state index in [9.17, 15) is 9.18 Å². The third-order valence-electron chi connectivity index (χ3n) is 3.97. The van der Waals surface area contributed by atoms with Crippen molar-refractivity contribution in [3.8, 4) is 5.75 Å². The number of halogens is 1. The zero-order chi connectivity index (χ0) is 17.8. The third-order valence-corrected chi connectivity index (χ3v) is 3.97. The molecular weight excluding hydrogens is 327 g/mol. The summed E-state index contributed by atoms with van der Waals surface area (Å²) in [6.07, 6.45) is 3.47. The van der Waals surface area contributed by atoms with Gasteiger partial charge in [-0.05, 0) is 25.1 Å². The van der Waals surface area contributed by atoms with E-state index < -0.39 is 5.82 Å². The molecule has 7 nitrogen and oxygen atoms in total. The van der Waals surface area contributed by atoms with Crippen LogP contribution in [0.25, 0.3) is 0 Å². The molecule has 132 valence electrons. The molecule has 1 aromatic carbocycles. The lowest BCUT2D eigenvalue weighted by atomic mass is 10.0. The Morgan fingerprint density at radius 2 is 2.32 bits per heavy atom. The predicted molar refractivity (Wildman–Crippen MR) is 91.6 cm³/mol. The van der Waals surface area contributed by atoms with Crippen molar-refractivity contribution in [2.24, 2.45) is 5.16 Å². The first kappa shape index (κ1) is 16.9. The zero-order valence-electron chi connectivity index (χ0n) is 14.0. The summed E-state index contributed by atoms with van der Waals surface area (Å²) in [7, 11) is 1.42. The molecule has 1 aliphatic heterocycles. The lowest BCUT2D eigenvalue weighted by molar-refractivity contribution is 0.0948. The largest absolute Gasteiger partial charge is 0.494 e. The monoisotopic (exact) mass is 346 g/mol. The Kier molecular flexibility index (Phi) is 4.97. The second kappa shape index (κ2) is 7.33. The SMILES string of the molecule is CCn1ccnc(NCC2CC(c3ccc(OC)c(F)c3)=NO2)c1=O. The predicted octanol–water partition coefficient (Wildman–Crippen LogP) is 2.02. The Labute approximate surface area is 144 Å². The molecule has 1 N–H and O–H groups in total. The molecule has 1 atom stereocenters. The molecule has 0 bridgehead atoms. The van der Waals surface area contributed by atoms with Crippen LogP contribution in [0.5, 0.6) is 5.75 Å². The van der Waals surface area contributed by atoms with E-state index in [1.54, 1.807) is 29.1 Å². The highest BCUT2D eigenvalue weighted by atomic mass is 19.1. The van der Waals surface area contributed by atoms with Crippen LogP contribution in [-0.4, -0.2) is 35.0 Å². The average molecular weight is 346 g/mol. The van der Waals surface area contributed by atoms with Gasteiger partial charge < -0.3 is 19.5 Å². The summed E-state index contributed by atoms with van der Waals surface area (Å²) in [4.78, 5) is 21.5. The molecule has 2 aromatic rings. The first-order valence-electron chi connectivity index (χ1n) is 7.98. The normalized spacial score (nSPS) is 16.3. The van der Waals surface area contributed by atoms with Crippen LogP contribution >= 0.6 is 0 Å². The van der Waals surface area contributed by atoms with Crippen molar-refractivity contribution in [3.05, 3.63) is 52.3 Å². The lowest BCUT2D eigenvalue weighted by Crippen LogP contribution is -2.28. The van der Waals surface area contributed by atoms with Crippen molar-refractivity contribution in [2.45, 2.75) is 26.0 Å². The Balaban J connectivity index is 1.61. The number of oxime groups is 1. The number of hydrogen-bond donors (Lipinski definition) is 1. The van der Waals surface area contributed by atoms with Gasteiger partial charge in [0, 0.05) is 30.9 Å². The fourth-order valence-corrected chi connectivity index (χ4v) is 2.58. The van der Waals surface area contributed by atoms with Crippen LogP contribution in [0.4, 0.5) is 10.2 Å². The molecule has 3 rings (SSSR count). The van der Waals surface area contributed by atoms with E-state index in [1.165, 1.54) is 13.2 Å². The number of nitrogens with one attached hydrogen (secondary N) is 1. The number of anilines is 1. The lowest BCUT2D eigenvalue weighted by Gasteiger charge is -2.11. The highest BCUT2D eigenvalue weighted by molar-refractivity contribution is 6.01. The number of aryl methyl sites for hydroxylation is 1. The van der Waals surface area contributed by atoms with Crippen molar-refractivity contribution >= 4 is 11.5 Å². The molecule has 0 aliphatic carbocycles. The van der Waals surface area contributed by atoms with Crippen LogP contribution in [0.2, 0.25) is 0 Å². The highest BCUT2D eigenvalue weighted by Gasteiger charge is 2.23. The minimum Gasteiger partial charge on any atom is -0.494 e. The number of aromatic nitrogens is 2. The van der Waals surface area contributed by atoms with Gasteiger partial charge in [-0.25, -0.2) is 9.37 Å². The molecule has 0 fully saturated rings. The minimum absolute atomic E-state index is 0.179. The standard InChI is InChI=1S/C17H19FN4O3/c1-3-22-7-6-19-16(17(22)23)20-10-12-9-14(21-25-12)11-4-5-15(24-2)13(18)8-11/h4-8,12H,3,9-10H2,1-2H3,(H,19,20). The molecule has 25 heavy (non-hydrogen) atoms. The number of hydrogen-bond acceptors (Lipinski definition) is 6. The summed E-state index contributed by atoms with van der Waals surface area (Å²) >= 11 is 0. The zero-order valence-corrected chi connectivity index (χ0v) is 14.0. The van der Waals surface area contributed by atoms with E-state index in [2.05, 4.69) is 15.5 Å². The summed E-state index contributed by atoms with van der Waals surface area (Å²) in [5.74, 6) is 0.0126. The van der Waals surface area contributed by atoms with Gasteiger partial charge in [0.25, 0.3) is 5.56 Å². The highest BCUT2D eigenvalue weighted by Crippen LogP contribution is 2.22. The molecule has 1 unspecified atom stereocenters. The molecule has 8 heteroatoms. The van der Waals surface area contributed by atoms with Gasteiger partial charge in [0.1, 0.15) is 6.10 Å². The maximum Gasteiger partial charge on any atom is 0.293 e. The van der Waals surface area contributed by atoms with E-state index in [1.807, 2.05) is 6.92 Å². The van der Waals surface area contributed by atoms with Crippen molar-refractivity contribution in [3.63, 3.8) is 0 Å². The second-order valence-electron chi connectivity index (χ2n) is 5.57. The van der Waals surface area contributed by atoms with Crippen LogP contribution in [0.15, 0.2) is 40.5 Å². The molecule has 0 radical (unpaired) electrons. The number of methoxy groups -OCH3 is 1. The van der Waals surface area contributed by atoms with Crippen LogP contribution in [0, 0.1) is 5.82 Å². The summed E-state index contributed by atoms with van der Waals surface area (Å²) in [5.41, 5.74) is 1.12.